The van der Waals surface area contributed by atoms with E-state index in [0.29, 0.717) is 30.0 Å². The van der Waals surface area contributed by atoms with E-state index in [1.165, 1.54) is 11.5 Å². The highest BCUT2D eigenvalue weighted by atomic mass is 32.1. The number of hydrogen-bond acceptors (Lipinski definition) is 7. The number of anilines is 3. The molecule has 2 atom stereocenters. The maximum Gasteiger partial charge on any atom is 0.250 e. The Balaban J connectivity index is 1.52. The molecule has 3 aromatic rings. The summed E-state index contributed by atoms with van der Waals surface area (Å²) in [7, 11) is 0. The molecule has 1 heterocycles. The van der Waals surface area contributed by atoms with Crippen molar-refractivity contribution in [3.8, 4) is 0 Å². The van der Waals surface area contributed by atoms with E-state index in [0.717, 1.165) is 16.3 Å². The number of carbonyl (C=O) groups is 2. The molecule has 9 heteroatoms. The molecule has 31 heavy (non-hydrogen) atoms. The molecule has 2 unspecified atom stereocenters. The van der Waals surface area contributed by atoms with Crippen molar-refractivity contribution in [2.24, 2.45) is 11.5 Å². The van der Waals surface area contributed by atoms with E-state index in [1.807, 2.05) is 43.3 Å². The van der Waals surface area contributed by atoms with Gasteiger partial charge in [0.2, 0.25) is 5.91 Å². The molecular formula is C22H23N5O3S. The zero-order chi connectivity index (χ0) is 22.0. The average molecular weight is 438 g/mol. The van der Waals surface area contributed by atoms with Gasteiger partial charge in [0.25, 0.3) is 5.91 Å². The van der Waals surface area contributed by atoms with Crippen LogP contribution in [0.4, 0.5) is 16.4 Å². The Labute approximate surface area is 183 Å². The molecule has 0 aliphatic heterocycles. The summed E-state index contributed by atoms with van der Waals surface area (Å²) in [4.78, 5) is 24.1. The number of ether oxygens (including phenoxy) is 1. The number of aryl methyl sites for hydroxylation is 1. The second-order valence-corrected chi connectivity index (χ2v) is 8.34. The molecule has 1 aromatic heterocycles. The van der Waals surface area contributed by atoms with Gasteiger partial charge in [-0.1, -0.05) is 30.3 Å². The van der Waals surface area contributed by atoms with E-state index in [1.54, 1.807) is 18.2 Å². The first kappa shape index (κ1) is 20.8. The van der Waals surface area contributed by atoms with Crippen LogP contribution in [0.2, 0.25) is 0 Å². The average Bonchev–Trinajstić information content (AvgIpc) is 3.30. The number of nitrogens with zero attached hydrogens (tertiary/aromatic N) is 1. The highest BCUT2D eigenvalue weighted by Crippen LogP contribution is 2.43. The van der Waals surface area contributed by atoms with Gasteiger partial charge in [-0.15, -0.1) is 0 Å². The van der Waals surface area contributed by atoms with Crippen LogP contribution in [0.25, 0.3) is 0 Å². The lowest BCUT2D eigenvalue weighted by Gasteiger charge is -2.19. The van der Waals surface area contributed by atoms with Crippen molar-refractivity contribution >= 4 is 39.7 Å². The maximum atomic E-state index is 12.2. The Hall–Kier alpha value is -3.43. The van der Waals surface area contributed by atoms with Crippen molar-refractivity contribution in [2.75, 3.05) is 10.6 Å². The van der Waals surface area contributed by atoms with Gasteiger partial charge in [-0.05, 0) is 48.3 Å². The van der Waals surface area contributed by atoms with E-state index in [4.69, 9.17) is 16.2 Å². The van der Waals surface area contributed by atoms with Crippen LogP contribution in [0, 0.1) is 6.92 Å². The molecule has 6 N–H and O–H groups in total. The van der Waals surface area contributed by atoms with Gasteiger partial charge in [-0.25, -0.2) is 0 Å². The monoisotopic (exact) mass is 437 g/mol. The fourth-order valence-corrected chi connectivity index (χ4v) is 4.09. The number of nitrogens with one attached hydrogen (secondary N) is 2. The van der Waals surface area contributed by atoms with E-state index in [2.05, 4.69) is 15.0 Å². The van der Waals surface area contributed by atoms with Crippen LogP contribution in [0.1, 0.15) is 28.0 Å². The summed E-state index contributed by atoms with van der Waals surface area (Å²) in [6, 6.07) is 16.6. The summed E-state index contributed by atoms with van der Waals surface area (Å²) in [6.07, 6.45) is 0.116. The van der Waals surface area contributed by atoms with Gasteiger partial charge in [0.15, 0.2) is 0 Å². The third-order valence-corrected chi connectivity index (χ3v) is 5.96. The fraction of sp³-hybridized carbons (Fsp3) is 0.227. The lowest BCUT2D eigenvalue weighted by molar-refractivity contribution is -0.120. The van der Waals surface area contributed by atoms with E-state index in [9.17, 15) is 9.59 Å². The van der Waals surface area contributed by atoms with Gasteiger partial charge in [0.1, 0.15) is 10.5 Å². The molecule has 1 saturated carbocycles. The van der Waals surface area contributed by atoms with Gasteiger partial charge < -0.3 is 26.8 Å². The molecule has 0 radical (unpaired) electrons. The van der Waals surface area contributed by atoms with E-state index >= 15 is 0 Å². The van der Waals surface area contributed by atoms with Crippen molar-refractivity contribution in [1.82, 2.24) is 4.37 Å². The minimum atomic E-state index is -0.999. The van der Waals surface area contributed by atoms with Crippen LogP contribution in [0.3, 0.4) is 0 Å². The summed E-state index contributed by atoms with van der Waals surface area (Å²) in [6.45, 7) is 2.27. The largest absolute Gasteiger partial charge is 0.370 e. The van der Waals surface area contributed by atoms with Crippen molar-refractivity contribution < 1.29 is 14.3 Å². The third kappa shape index (κ3) is 4.52. The quantitative estimate of drug-likeness (QED) is 0.407. The molecule has 160 valence electrons. The van der Waals surface area contributed by atoms with Crippen LogP contribution in [-0.4, -0.2) is 27.8 Å². The van der Waals surface area contributed by atoms with Crippen LogP contribution < -0.4 is 22.1 Å². The van der Waals surface area contributed by atoms with E-state index in [-0.39, 0.29) is 6.10 Å². The molecule has 1 aliphatic carbocycles. The SMILES string of the molecule is Cc1cc(Nc2cc(NC3(C(N)=O)CC3OCc3ccccc3)ccc2C(N)=O)sn1. The highest BCUT2D eigenvalue weighted by molar-refractivity contribution is 7.10. The molecule has 8 nitrogen and oxygen atoms in total. The molecule has 0 bridgehead atoms. The van der Waals surface area contributed by atoms with Crippen molar-refractivity contribution in [3.63, 3.8) is 0 Å². The smallest absolute Gasteiger partial charge is 0.250 e. The molecule has 2 amide bonds. The zero-order valence-corrected chi connectivity index (χ0v) is 17.7. The zero-order valence-electron chi connectivity index (χ0n) is 16.9. The molecular weight excluding hydrogens is 414 g/mol. The van der Waals surface area contributed by atoms with E-state index < -0.39 is 17.4 Å². The molecule has 2 aromatic carbocycles. The minimum Gasteiger partial charge on any atom is -0.370 e. The van der Waals surface area contributed by atoms with Crippen LogP contribution in [-0.2, 0) is 16.1 Å². The number of nitrogens with two attached hydrogens (primary N) is 2. The summed E-state index contributed by atoms with van der Waals surface area (Å²) in [5, 5.41) is 7.16. The summed E-state index contributed by atoms with van der Waals surface area (Å²) in [5.74, 6) is -1.05. The Morgan fingerprint density at radius 1 is 1.19 bits per heavy atom. The fourth-order valence-electron chi connectivity index (χ4n) is 3.41. The second-order valence-electron chi connectivity index (χ2n) is 7.53. The van der Waals surface area contributed by atoms with Gasteiger partial charge in [-0.3, -0.25) is 9.59 Å². The van der Waals surface area contributed by atoms with Crippen LogP contribution in [0.5, 0.6) is 0 Å². The highest BCUT2D eigenvalue weighted by Gasteiger charge is 2.61. The maximum absolute atomic E-state index is 12.2. The van der Waals surface area contributed by atoms with Crippen LogP contribution in [0.15, 0.2) is 54.6 Å². The molecule has 1 aliphatic rings. The van der Waals surface area contributed by atoms with Crippen molar-refractivity contribution in [2.45, 2.75) is 31.6 Å². The Kier molecular flexibility index (Phi) is 5.62. The number of primary amides is 2. The number of amides is 2. The predicted molar refractivity (Wildman–Crippen MR) is 120 cm³/mol. The van der Waals surface area contributed by atoms with Crippen LogP contribution >= 0.6 is 11.5 Å². The lowest BCUT2D eigenvalue weighted by atomic mass is 10.1. The molecule has 0 spiro atoms. The van der Waals surface area contributed by atoms with Gasteiger partial charge in [0.05, 0.1) is 29.7 Å². The number of hydrogen-bond donors (Lipinski definition) is 4. The number of rotatable bonds is 9. The number of benzene rings is 2. The molecule has 0 saturated heterocycles. The normalized spacial score (nSPS) is 19.6. The third-order valence-electron chi connectivity index (χ3n) is 5.17. The molecule has 4 rings (SSSR count). The Morgan fingerprint density at radius 2 is 1.97 bits per heavy atom. The van der Waals surface area contributed by atoms with Crippen molar-refractivity contribution in [1.29, 1.82) is 0 Å². The van der Waals surface area contributed by atoms with Gasteiger partial charge in [0, 0.05) is 12.1 Å². The summed E-state index contributed by atoms with van der Waals surface area (Å²) in [5.41, 5.74) is 13.6. The Bertz CT molecular complexity index is 1120. The topological polar surface area (TPSA) is 132 Å². The number of carbonyl (C=O) groups excluding carboxylic acids is 2. The van der Waals surface area contributed by atoms with Crippen molar-refractivity contribution in [3.05, 3.63) is 71.4 Å². The second kappa shape index (κ2) is 8.37. The Morgan fingerprint density at radius 3 is 2.61 bits per heavy atom. The summed E-state index contributed by atoms with van der Waals surface area (Å²) >= 11 is 1.28. The number of aromatic nitrogens is 1. The van der Waals surface area contributed by atoms with Gasteiger partial charge in [-0.2, -0.15) is 4.37 Å². The van der Waals surface area contributed by atoms with Gasteiger partial charge >= 0.3 is 0 Å². The lowest BCUT2D eigenvalue weighted by Crippen LogP contribution is -2.41. The first-order chi connectivity index (χ1) is 14.9. The first-order valence-corrected chi connectivity index (χ1v) is 10.5. The summed E-state index contributed by atoms with van der Waals surface area (Å²) < 4.78 is 10.1. The predicted octanol–water partition coefficient (Wildman–Crippen LogP) is 2.92. The first-order valence-electron chi connectivity index (χ1n) is 9.75. The standard InChI is InChI=1S/C22H23N5O3S/c1-13-9-19(31-27-13)25-17-10-15(7-8-16(17)20(23)28)26-22(21(24)29)11-18(22)30-12-14-5-3-2-4-6-14/h2-10,18,25-26H,11-12H2,1H3,(H2,23,28)(H2,24,29). The minimum absolute atomic E-state index is 0.331. The molecule has 1 fully saturated rings.